The van der Waals surface area contributed by atoms with Crippen molar-refractivity contribution in [2.24, 2.45) is 0 Å². The van der Waals surface area contributed by atoms with Crippen molar-refractivity contribution in [3.63, 3.8) is 0 Å². The number of ether oxygens (including phenoxy) is 2. The van der Waals surface area contributed by atoms with Crippen LogP contribution in [0, 0.1) is 0 Å². The molecule has 0 amide bonds. The SMILES string of the molecule is COc1ccc(S(=O)(=O)C(C)(Cc2ccc(OCCCN3CCN(c4cccc(Cl)c4)CC3)cc2)C(=O)O)cc1. The Labute approximate surface area is 241 Å². The molecule has 0 radical (unpaired) electrons. The zero-order valence-corrected chi connectivity index (χ0v) is 24.3. The van der Waals surface area contributed by atoms with Gasteiger partial charge in [0.15, 0.2) is 14.6 Å². The Kier molecular flexibility index (Phi) is 9.60. The minimum Gasteiger partial charge on any atom is -0.497 e. The third-order valence-electron chi connectivity index (χ3n) is 7.31. The molecule has 40 heavy (non-hydrogen) atoms. The highest BCUT2D eigenvalue weighted by atomic mass is 35.5. The fraction of sp³-hybridized carbons (Fsp3) is 0.367. The first-order valence-corrected chi connectivity index (χ1v) is 15.1. The summed E-state index contributed by atoms with van der Waals surface area (Å²) in [5.74, 6) is -0.260. The van der Waals surface area contributed by atoms with Crippen LogP contribution in [0.25, 0.3) is 0 Å². The standard InChI is InChI=1S/C30H35ClN2O6S/c1-30(29(34)35,40(36,37)28-13-11-26(38-2)12-14-28)22-23-7-9-27(10-8-23)39-20-4-15-32-16-18-33(19-17-32)25-6-3-5-24(31)21-25/h3,5-14,21H,4,15-20,22H2,1-2H3,(H,34,35). The van der Waals surface area contributed by atoms with Crippen molar-refractivity contribution in [2.45, 2.75) is 29.4 Å². The molecule has 3 aromatic carbocycles. The highest BCUT2D eigenvalue weighted by Gasteiger charge is 2.47. The molecule has 0 spiro atoms. The van der Waals surface area contributed by atoms with Gasteiger partial charge in [-0.2, -0.15) is 0 Å². The van der Waals surface area contributed by atoms with E-state index >= 15 is 0 Å². The number of aliphatic carboxylic acids is 1. The Morgan fingerprint density at radius 3 is 2.23 bits per heavy atom. The molecule has 1 N–H and O–H groups in total. The lowest BCUT2D eigenvalue weighted by molar-refractivity contribution is -0.139. The molecule has 0 aromatic heterocycles. The summed E-state index contributed by atoms with van der Waals surface area (Å²) in [4.78, 5) is 16.9. The molecule has 3 aromatic rings. The summed E-state index contributed by atoms with van der Waals surface area (Å²) in [7, 11) is -2.71. The van der Waals surface area contributed by atoms with E-state index in [0.29, 0.717) is 23.7 Å². The average Bonchev–Trinajstić information content (AvgIpc) is 2.96. The summed E-state index contributed by atoms with van der Waals surface area (Å²) >= 11 is 6.12. The van der Waals surface area contributed by atoms with Crippen molar-refractivity contribution in [2.75, 3.05) is 51.3 Å². The highest BCUT2D eigenvalue weighted by molar-refractivity contribution is 7.93. The van der Waals surface area contributed by atoms with Gasteiger partial charge < -0.3 is 19.5 Å². The van der Waals surface area contributed by atoms with Crippen LogP contribution in [0.15, 0.2) is 77.7 Å². The van der Waals surface area contributed by atoms with E-state index in [1.807, 2.05) is 18.2 Å². The van der Waals surface area contributed by atoms with Crippen LogP contribution in [-0.2, 0) is 21.1 Å². The number of nitrogens with zero attached hydrogens (tertiary/aromatic N) is 2. The molecule has 1 aliphatic rings. The molecule has 0 bridgehead atoms. The van der Waals surface area contributed by atoms with Crippen LogP contribution < -0.4 is 14.4 Å². The number of hydrogen-bond donors (Lipinski definition) is 1. The molecule has 1 saturated heterocycles. The minimum atomic E-state index is -4.18. The number of rotatable bonds is 12. The second-order valence-electron chi connectivity index (χ2n) is 10.0. The van der Waals surface area contributed by atoms with Crippen molar-refractivity contribution < 1.29 is 27.8 Å². The summed E-state index contributed by atoms with van der Waals surface area (Å²) in [5, 5.41) is 10.7. The minimum absolute atomic E-state index is 0.0657. The Morgan fingerprint density at radius 2 is 1.62 bits per heavy atom. The number of benzene rings is 3. The van der Waals surface area contributed by atoms with Gasteiger partial charge in [-0.1, -0.05) is 29.8 Å². The van der Waals surface area contributed by atoms with E-state index in [1.165, 1.54) is 38.3 Å². The number of sulfone groups is 1. The Bertz CT molecular complexity index is 1390. The fourth-order valence-corrected chi connectivity index (χ4v) is 6.56. The normalized spacial score (nSPS) is 15.8. The zero-order chi connectivity index (χ0) is 28.8. The van der Waals surface area contributed by atoms with Crippen molar-refractivity contribution in [1.82, 2.24) is 4.90 Å². The van der Waals surface area contributed by atoms with E-state index in [9.17, 15) is 18.3 Å². The molecule has 0 saturated carbocycles. The van der Waals surface area contributed by atoms with Gasteiger partial charge in [0, 0.05) is 49.9 Å². The van der Waals surface area contributed by atoms with E-state index in [2.05, 4.69) is 15.9 Å². The molecule has 214 valence electrons. The number of carbonyl (C=O) groups is 1. The highest BCUT2D eigenvalue weighted by Crippen LogP contribution is 2.31. The molecule has 1 aliphatic heterocycles. The topological polar surface area (TPSA) is 96.4 Å². The Hall–Kier alpha value is -3.27. The summed E-state index contributed by atoms with van der Waals surface area (Å²) < 4.78 is 35.6. The van der Waals surface area contributed by atoms with Crippen LogP contribution in [0.1, 0.15) is 18.9 Å². The largest absolute Gasteiger partial charge is 0.497 e. The molecule has 8 nitrogen and oxygen atoms in total. The van der Waals surface area contributed by atoms with Gasteiger partial charge in [-0.15, -0.1) is 0 Å². The smallest absolute Gasteiger partial charge is 0.325 e. The average molecular weight is 587 g/mol. The van der Waals surface area contributed by atoms with Crippen LogP contribution in [-0.4, -0.2) is 75.6 Å². The summed E-state index contributed by atoms with van der Waals surface area (Å²) in [6.45, 7) is 6.58. The lowest BCUT2D eigenvalue weighted by Crippen LogP contribution is -2.46. The van der Waals surface area contributed by atoms with Gasteiger partial charge in [0.2, 0.25) is 0 Å². The molecule has 1 unspecified atom stereocenters. The number of hydrogen-bond acceptors (Lipinski definition) is 7. The van der Waals surface area contributed by atoms with Crippen LogP contribution >= 0.6 is 11.6 Å². The van der Waals surface area contributed by atoms with Crippen LogP contribution in [0.3, 0.4) is 0 Å². The van der Waals surface area contributed by atoms with E-state index in [0.717, 1.165) is 49.9 Å². The van der Waals surface area contributed by atoms with Gasteiger partial charge in [0.25, 0.3) is 0 Å². The third-order valence-corrected chi connectivity index (χ3v) is 9.95. The number of carboxylic acids is 1. The summed E-state index contributed by atoms with van der Waals surface area (Å²) in [5.41, 5.74) is 1.74. The fourth-order valence-electron chi connectivity index (χ4n) is 4.77. The molecular formula is C30H35ClN2O6S. The van der Waals surface area contributed by atoms with Gasteiger partial charge in [-0.3, -0.25) is 9.69 Å². The van der Waals surface area contributed by atoms with Gasteiger partial charge in [-0.25, -0.2) is 8.42 Å². The van der Waals surface area contributed by atoms with Crippen molar-refractivity contribution in [3.8, 4) is 11.5 Å². The number of halogens is 1. The Balaban J connectivity index is 1.26. The number of anilines is 1. The van der Waals surface area contributed by atoms with Crippen molar-refractivity contribution in [3.05, 3.63) is 83.4 Å². The molecule has 0 aliphatic carbocycles. The molecular weight excluding hydrogens is 552 g/mol. The molecule has 4 rings (SSSR count). The van der Waals surface area contributed by atoms with E-state index in [-0.39, 0.29) is 11.3 Å². The first-order valence-electron chi connectivity index (χ1n) is 13.2. The zero-order valence-electron chi connectivity index (χ0n) is 22.8. The molecule has 1 fully saturated rings. The van der Waals surface area contributed by atoms with Crippen LogP contribution in [0.5, 0.6) is 11.5 Å². The predicted molar refractivity (Wildman–Crippen MR) is 157 cm³/mol. The first-order chi connectivity index (χ1) is 19.1. The quantitative estimate of drug-likeness (QED) is 0.302. The lowest BCUT2D eigenvalue weighted by atomic mass is 10.0. The van der Waals surface area contributed by atoms with E-state index in [1.54, 1.807) is 24.3 Å². The maximum Gasteiger partial charge on any atom is 0.325 e. The monoisotopic (exact) mass is 586 g/mol. The van der Waals surface area contributed by atoms with Gasteiger partial charge in [0.1, 0.15) is 11.5 Å². The number of methoxy groups -OCH3 is 1. The van der Waals surface area contributed by atoms with Gasteiger partial charge in [0.05, 0.1) is 18.6 Å². The van der Waals surface area contributed by atoms with Gasteiger partial charge >= 0.3 is 5.97 Å². The van der Waals surface area contributed by atoms with Crippen LogP contribution in [0.4, 0.5) is 5.69 Å². The summed E-state index contributed by atoms with van der Waals surface area (Å²) in [6.07, 6.45) is 0.689. The van der Waals surface area contributed by atoms with Crippen molar-refractivity contribution in [1.29, 1.82) is 0 Å². The molecule has 10 heteroatoms. The lowest BCUT2D eigenvalue weighted by Gasteiger charge is -2.36. The van der Waals surface area contributed by atoms with Crippen molar-refractivity contribution >= 4 is 33.1 Å². The first kappa shape index (κ1) is 29.7. The van der Waals surface area contributed by atoms with Gasteiger partial charge in [-0.05, 0) is 73.5 Å². The maximum absolute atomic E-state index is 13.3. The summed E-state index contributed by atoms with van der Waals surface area (Å²) in [6, 6.07) is 20.6. The maximum atomic E-state index is 13.3. The molecule has 1 heterocycles. The van der Waals surface area contributed by atoms with E-state index < -0.39 is 20.6 Å². The Morgan fingerprint density at radius 1 is 0.975 bits per heavy atom. The second kappa shape index (κ2) is 12.9. The number of piperazine rings is 1. The predicted octanol–water partition coefficient (Wildman–Crippen LogP) is 4.80. The number of carboxylic acid groups (broad SMARTS) is 1. The second-order valence-corrected chi connectivity index (χ2v) is 12.9. The third kappa shape index (κ3) is 6.89. The molecule has 1 atom stereocenters. The van der Waals surface area contributed by atoms with E-state index in [4.69, 9.17) is 21.1 Å². The van der Waals surface area contributed by atoms with Crippen LogP contribution in [0.2, 0.25) is 5.02 Å².